The largest absolute Gasteiger partial charge is 0.453 e. The molecule has 1 fully saturated rings. The Morgan fingerprint density at radius 3 is 2.73 bits per heavy atom. The quantitative estimate of drug-likeness (QED) is 0.187. The van der Waals surface area contributed by atoms with Crippen molar-refractivity contribution in [2.75, 3.05) is 12.4 Å². The molecule has 228 valence electrons. The maximum atomic E-state index is 13.3. The summed E-state index contributed by atoms with van der Waals surface area (Å²) in [7, 11) is 1.27. The zero-order valence-corrected chi connectivity index (χ0v) is 25.2. The Balaban J connectivity index is 1.28. The van der Waals surface area contributed by atoms with Crippen LogP contribution in [0.15, 0.2) is 65.7 Å². The second kappa shape index (κ2) is 13.2. The van der Waals surface area contributed by atoms with Crippen molar-refractivity contribution < 1.29 is 14.3 Å². The van der Waals surface area contributed by atoms with Gasteiger partial charge in [0.1, 0.15) is 16.3 Å². The van der Waals surface area contributed by atoms with Crippen LogP contribution in [0.1, 0.15) is 46.1 Å². The van der Waals surface area contributed by atoms with E-state index in [2.05, 4.69) is 51.3 Å². The molecule has 16 heteroatoms. The molecule has 6 rings (SSSR count). The van der Waals surface area contributed by atoms with Crippen molar-refractivity contribution >= 4 is 46.7 Å². The first-order chi connectivity index (χ1) is 21.9. The number of aromatic nitrogens is 8. The molecule has 5 aromatic rings. The molecule has 1 saturated carbocycles. The number of amides is 2. The van der Waals surface area contributed by atoms with E-state index in [4.69, 9.17) is 11.6 Å². The van der Waals surface area contributed by atoms with Crippen LogP contribution in [-0.4, -0.2) is 59.7 Å². The van der Waals surface area contributed by atoms with Gasteiger partial charge in [0.25, 0.3) is 5.56 Å². The van der Waals surface area contributed by atoms with Crippen molar-refractivity contribution in [2.24, 2.45) is 0 Å². The van der Waals surface area contributed by atoms with Crippen molar-refractivity contribution in [3.63, 3.8) is 0 Å². The molecule has 1 atom stereocenters. The number of nitrogens with zero attached hydrogens (tertiary/aromatic N) is 7. The van der Waals surface area contributed by atoms with Crippen molar-refractivity contribution in [1.82, 2.24) is 45.9 Å². The van der Waals surface area contributed by atoms with Crippen molar-refractivity contribution in [2.45, 2.75) is 31.2 Å². The Morgan fingerprint density at radius 1 is 1.18 bits per heavy atom. The van der Waals surface area contributed by atoms with Gasteiger partial charge < -0.3 is 10.1 Å². The Hall–Kier alpha value is -5.28. The number of ether oxygens (including phenoxy) is 1. The molecule has 0 bridgehead atoms. The highest BCUT2D eigenvalue weighted by Gasteiger charge is 2.28. The molecule has 1 aliphatic carbocycles. The van der Waals surface area contributed by atoms with Crippen LogP contribution >= 0.6 is 22.9 Å². The van der Waals surface area contributed by atoms with E-state index in [0.29, 0.717) is 51.1 Å². The van der Waals surface area contributed by atoms with E-state index in [1.165, 1.54) is 35.5 Å². The lowest BCUT2D eigenvalue weighted by Gasteiger charge is -2.17. The van der Waals surface area contributed by atoms with E-state index in [1.54, 1.807) is 54.6 Å². The maximum Gasteiger partial charge on any atom is 0.411 e. The zero-order valence-electron chi connectivity index (χ0n) is 23.7. The van der Waals surface area contributed by atoms with Gasteiger partial charge >= 0.3 is 6.09 Å². The first-order valence-electron chi connectivity index (χ1n) is 13.7. The van der Waals surface area contributed by atoms with Crippen LogP contribution in [0.2, 0.25) is 5.02 Å². The molecule has 0 aliphatic heterocycles. The van der Waals surface area contributed by atoms with Gasteiger partial charge in [-0.1, -0.05) is 23.7 Å². The molecule has 1 aliphatic rings. The van der Waals surface area contributed by atoms with Gasteiger partial charge in [0.2, 0.25) is 5.91 Å². The summed E-state index contributed by atoms with van der Waals surface area (Å²) in [6.07, 6.45) is 6.31. The molecule has 0 spiro atoms. The molecular weight excluding hydrogens is 620 g/mol. The Morgan fingerprint density at radius 2 is 2.00 bits per heavy atom. The zero-order chi connectivity index (χ0) is 31.3. The molecule has 3 N–H and O–H groups in total. The number of H-pyrrole nitrogens is 1. The number of aromatic amines is 1. The van der Waals surface area contributed by atoms with Crippen LogP contribution in [-0.2, 0) is 16.0 Å². The predicted octanol–water partition coefficient (Wildman–Crippen LogP) is 4.09. The van der Waals surface area contributed by atoms with E-state index < -0.39 is 23.6 Å². The number of tetrazole rings is 1. The van der Waals surface area contributed by atoms with E-state index in [0.717, 1.165) is 22.9 Å². The van der Waals surface area contributed by atoms with Crippen molar-refractivity contribution in [1.29, 1.82) is 0 Å². The summed E-state index contributed by atoms with van der Waals surface area (Å²) in [4.78, 5) is 37.7. The molecule has 45 heavy (non-hydrogen) atoms. The van der Waals surface area contributed by atoms with Crippen LogP contribution in [0.5, 0.6) is 0 Å². The fourth-order valence-corrected chi connectivity index (χ4v) is 5.73. The summed E-state index contributed by atoms with van der Waals surface area (Å²) in [5.41, 5.74) is 2.67. The third-order valence-corrected chi connectivity index (χ3v) is 8.26. The summed E-state index contributed by atoms with van der Waals surface area (Å²) in [6.45, 7) is 0. The standard InChI is InChI=1S/C29H25ClN10O4S/c1-44-29(43)32-20-8-4-16(5-9-20)21-13-23(34-36-27(21)42)22(14-26-35-37-28(45-26)17-2-3-17)33-25(41)11-6-18-12-19(30)7-10-24(18)40-15-31-38-39-40/h4-13,15,17,22H,2-3,14H2,1H3,(H,32,43)(H,33,41)(H,36,42)/b11-6+. The number of hydrogen-bond acceptors (Lipinski definition) is 11. The highest BCUT2D eigenvalue weighted by atomic mass is 35.5. The van der Waals surface area contributed by atoms with E-state index in [9.17, 15) is 14.4 Å². The van der Waals surface area contributed by atoms with Crippen LogP contribution in [0.4, 0.5) is 10.5 Å². The Kier molecular flexibility index (Phi) is 8.70. The highest BCUT2D eigenvalue weighted by Crippen LogP contribution is 2.41. The van der Waals surface area contributed by atoms with Crippen LogP contribution < -0.4 is 16.2 Å². The lowest BCUT2D eigenvalue weighted by molar-refractivity contribution is -0.117. The lowest BCUT2D eigenvalue weighted by Crippen LogP contribution is -2.30. The molecule has 1 unspecified atom stereocenters. The third kappa shape index (κ3) is 7.27. The normalized spacial score (nSPS) is 13.5. The minimum Gasteiger partial charge on any atom is -0.453 e. The molecule has 3 heterocycles. The number of carbonyl (C=O) groups excluding carboxylic acids is 2. The summed E-state index contributed by atoms with van der Waals surface area (Å²) >= 11 is 7.73. The molecule has 2 aromatic carbocycles. The minimum atomic E-state index is -0.656. The second-order valence-corrected chi connectivity index (χ2v) is 11.6. The average Bonchev–Trinajstić information content (AvgIpc) is 3.54. The van der Waals surface area contributed by atoms with Crippen LogP contribution in [0.3, 0.4) is 0 Å². The van der Waals surface area contributed by atoms with Crippen LogP contribution in [0, 0.1) is 0 Å². The van der Waals surface area contributed by atoms with Gasteiger partial charge in [0, 0.05) is 34.7 Å². The van der Waals surface area contributed by atoms with E-state index >= 15 is 0 Å². The predicted molar refractivity (Wildman–Crippen MR) is 166 cm³/mol. The first kappa shape index (κ1) is 29.8. The molecule has 0 radical (unpaired) electrons. The van der Waals surface area contributed by atoms with Gasteiger partial charge in [-0.2, -0.15) is 9.78 Å². The number of halogens is 1. The molecule has 14 nitrogen and oxygen atoms in total. The number of rotatable bonds is 10. The van der Waals surface area contributed by atoms with E-state index in [1.807, 2.05) is 0 Å². The van der Waals surface area contributed by atoms with Gasteiger partial charge in [0.05, 0.1) is 30.1 Å². The highest BCUT2D eigenvalue weighted by molar-refractivity contribution is 7.11. The monoisotopic (exact) mass is 644 g/mol. The molecular formula is C29H25ClN10O4S. The van der Waals surface area contributed by atoms with Crippen LogP contribution in [0.25, 0.3) is 22.9 Å². The van der Waals surface area contributed by atoms with Gasteiger partial charge in [-0.3, -0.25) is 14.9 Å². The fraction of sp³-hybridized carbons (Fsp3) is 0.207. The number of benzene rings is 2. The van der Waals surface area contributed by atoms with E-state index in [-0.39, 0.29) is 0 Å². The molecule has 0 saturated heterocycles. The first-order valence-corrected chi connectivity index (χ1v) is 14.9. The smallest absolute Gasteiger partial charge is 0.411 e. The fourth-order valence-electron chi connectivity index (χ4n) is 4.49. The Labute approximate surface area is 264 Å². The number of methoxy groups -OCH3 is 1. The summed E-state index contributed by atoms with van der Waals surface area (Å²) < 4.78 is 6.09. The summed E-state index contributed by atoms with van der Waals surface area (Å²) in [5.74, 6) is 0.0242. The number of hydrogen-bond donors (Lipinski definition) is 3. The maximum absolute atomic E-state index is 13.3. The molecule has 3 aromatic heterocycles. The van der Waals surface area contributed by atoms with Crippen molar-refractivity contribution in [3.8, 4) is 16.8 Å². The topological polar surface area (TPSA) is 183 Å². The number of carbonyl (C=O) groups is 2. The number of nitrogens with one attached hydrogen (secondary N) is 3. The van der Waals surface area contributed by atoms with Gasteiger partial charge in [0.15, 0.2) is 0 Å². The molecule has 2 amide bonds. The average molecular weight is 645 g/mol. The summed E-state index contributed by atoms with van der Waals surface area (Å²) in [5, 5.41) is 34.5. The number of anilines is 1. The Bertz CT molecular complexity index is 1920. The summed E-state index contributed by atoms with van der Waals surface area (Å²) in [6, 6.07) is 12.8. The van der Waals surface area contributed by atoms with Gasteiger partial charge in [-0.15, -0.1) is 26.6 Å². The van der Waals surface area contributed by atoms with Gasteiger partial charge in [-0.05, 0) is 71.3 Å². The minimum absolute atomic E-state index is 0.303. The third-order valence-electron chi connectivity index (χ3n) is 6.91. The van der Waals surface area contributed by atoms with Gasteiger partial charge in [-0.25, -0.2) is 9.89 Å². The SMILES string of the molecule is COC(=O)Nc1ccc(-c2cc(C(Cc3nnc(C4CC4)s3)NC(=O)/C=C/c3cc(Cl)ccc3-n3cnnn3)n[nH]c2=O)cc1. The second-order valence-electron chi connectivity index (χ2n) is 10.1. The lowest BCUT2D eigenvalue weighted by atomic mass is 10.0. The van der Waals surface area contributed by atoms with Crippen molar-refractivity contribution in [3.05, 3.63) is 97.6 Å².